The van der Waals surface area contributed by atoms with Gasteiger partial charge in [-0.15, -0.1) is 22.7 Å². The number of hydrogen-bond acceptors (Lipinski definition) is 8. The van der Waals surface area contributed by atoms with Gasteiger partial charge in [-0.1, -0.05) is 52.0 Å². The number of hydrogen-bond donors (Lipinski definition) is 0. The highest BCUT2D eigenvalue weighted by atomic mass is 32.2. The van der Waals surface area contributed by atoms with Gasteiger partial charge in [0, 0.05) is 48.1 Å². The van der Waals surface area contributed by atoms with E-state index in [2.05, 4.69) is 0 Å². The maximum Gasteiger partial charge on any atom is 0.243 e. The first-order chi connectivity index (χ1) is 18.1. The van der Waals surface area contributed by atoms with Gasteiger partial charge in [-0.25, -0.2) is 26.8 Å². The second-order valence-electron chi connectivity index (χ2n) is 8.30. The van der Waals surface area contributed by atoms with E-state index in [1.54, 1.807) is 48.5 Å². The quantitative estimate of drug-likeness (QED) is 0.223. The van der Waals surface area contributed by atoms with E-state index in [9.17, 15) is 16.8 Å². The molecule has 0 aliphatic rings. The summed E-state index contributed by atoms with van der Waals surface area (Å²) in [7, 11) is -7.02. The van der Waals surface area contributed by atoms with Crippen LogP contribution in [0.4, 0.5) is 0 Å². The Morgan fingerprint density at radius 1 is 0.579 bits per heavy atom. The average Bonchev–Trinajstić information content (AvgIpc) is 3.60. The molecule has 0 aliphatic heterocycles. The van der Waals surface area contributed by atoms with Crippen molar-refractivity contribution in [3.63, 3.8) is 0 Å². The Bertz CT molecular complexity index is 1460. The standard InChI is InChI=1S/C26H30N4O4S4/c1-5-29(6-2)37(31,32)21-13-9-19(10-14-21)23-17-35-25(27-23)26-28-24(18-36-26)20-11-15-22(16-12-20)38(33,34)30(7-3)8-4/h9-18H,5-8H2,1-4H3. The molecule has 2 aromatic heterocycles. The zero-order valence-electron chi connectivity index (χ0n) is 21.7. The second-order valence-corrected chi connectivity index (χ2v) is 13.9. The highest BCUT2D eigenvalue weighted by Gasteiger charge is 2.23. The molecule has 4 rings (SSSR count). The lowest BCUT2D eigenvalue weighted by Crippen LogP contribution is -2.30. The van der Waals surface area contributed by atoms with E-state index < -0.39 is 20.0 Å². The number of benzene rings is 2. The molecule has 0 radical (unpaired) electrons. The van der Waals surface area contributed by atoms with Crippen LogP contribution in [-0.2, 0) is 20.0 Å². The van der Waals surface area contributed by atoms with E-state index in [0.29, 0.717) is 26.2 Å². The first-order valence-corrected chi connectivity index (χ1v) is 16.9. The van der Waals surface area contributed by atoms with Gasteiger partial charge in [0.2, 0.25) is 20.0 Å². The molecule has 0 saturated heterocycles. The minimum Gasteiger partial charge on any atom is -0.233 e. The molecule has 4 aromatic rings. The molecule has 0 aliphatic carbocycles. The molecule has 0 unspecified atom stereocenters. The molecule has 0 atom stereocenters. The summed E-state index contributed by atoms with van der Waals surface area (Å²) in [5, 5.41) is 5.38. The Labute approximate surface area is 232 Å². The Morgan fingerprint density at radius 2 is 0.895 bits per heavy atom. The van der Waals surface area contributed by atoms with Crippen LogP contribution in [0, 0.1) is 0 Å². The largest absolute Gasteiger partial charge is 0.243 e. The fraction of sp³-hybridized carbons (Fsp3) is 0.308. The van der Waals surface area contributed by atoms with E-state index >= 15 is 0 Å². The normalized spacial score (nSPS) is 12.5. The van der Waals surface area contributed by atoms with Crippen molar-refractivity contribution in [3.05, 3.63) is 59.3 Å². The van der Waals surface area contributed by atoms with Crippen LogP contribution in [0.15, 0.2) is 69.1 Å². The van der Waals surface area contributed by atoms with Crippen LogP contribution in [-0.4, -0.2) is 61.6 Å². The predicted molar refractivity (Wildman–Crippen MR) is 154 cm³/mol. The lowest BCUT2D eigenvalue weighted by molar-refractivity contribution is 0.444. The van der Waals surface area contributed by atoms with Crippen molar-refractivity contribution in [3.8, 4) is 32.5 Å². The summed E-state index contributed by atoms with van der Waals surface area (Å²) in [6.45, 7) is 8.98. The third-order valence-electron chi connectivity index (χ3n) is 6.18. The summed E-state index contributed by atoms with van der Waals surface area (Å²) < 4.78 is 53.9. The zero-order chi connectivity index (χ0) is 27.5. The van der Waals surface area contributed by atoms with Crippen LogP contribution in [0.5, 0.6) is 0 Å². The van der Waals surface area contributed by atoms with Crippen molar-refractivity contribution >= 4 is 42.7 Å². The zero-order valence-corrected chi connectivity index (χ0v) is 24.9. The fourth-order valence-corrected chi connectivity index (χ4v) is 8.65. The summed E-state index contributed by atoms with van der Waals surface area (Å²) in [5.41, 5.74) is 3.15. The molecule has 0 fully saturated rings. The number of sulfonamides is 2. The van der Waals surface area contributed by atoms with Gasteiger partial charge >= 0.3 is 0 Å². The minimum absolute atomic E-state index is 0.265. The third kappa shape index (κ3) is 5.61. The molecule has 0 saturated carbocycles. The molecule has 2 heterocycles. The maximum absolute atomic E-state index is 12.7. The average molecular weight is 591 g/mol. The first-order valence-electron chi connectivity index (χ1n) is 12.3. The predicted octanol–water partition coefficient (Wildman–Crippen LogP) is 5.66. The summed E-state index contributed by atoms with van der Waals surface area (Å²) in [4.78, 5) is 9.98. The molecule has 12 heteroatoms. The molecule has 2 aromatic carbocycles. The smallest absolute Gasteiger partial charge is 0.233 e. The van der Waals surface area contributed by atoms with Crippen LogP contribution in [0.2, 0.25) is 0 Å². The Balaban J connectivity index is 1.53. The topological polar surface area (TPSA) is 101 Å². The second kappa shape index (κ2) is 11.7. The van der Waals surface area contributed by atoms with Crippen LogP contribution >= 0.6 is 22.7 Å². The number of aromatic nitrogens is 2. The van der Waals surface area contributed by atoms with Crippen molar-refractivity contribution in [2.24, 2.45) is 0 Å². The SMILES string of the molecule is CCN(CC)S(=O)(=O)c1ccc(-c2csc(-c3nc(-c4ccc(S(=O)(=O)N(CC)CC)cc4)cs3)n2)cc1. The Hall–Kier alpha value is -2.48. The van der Waals surface area contributed by atoms with Crippen molar-refractivity contribution in [2.45, 2.75) is 37.5 Å². The number of rotatable bonds is 11. The first kappa shape index (κ1) is 28.5. The monoisotopic (exact) mass is 590 g/mol. The molecule has 0 bridgehead atoms. The minimum atomic E-state index is -3.51. The van der Waals surface area contributed by atoms with Gasteiger partial charge in [-0.2, -0.15) is 8.61 Å². The molecule has 8 nitrogen and oxygen atoms in total. The lowest BCUT2D eigenvalue weighted by atomic mass is 10.2. The molecule has 202 valence electrons. The highest BCUT2D eigenvalue weighted by molar-refractivity contribution is 7.89. The van der Waals surface area contributed by atoms with Gasteiger partial charge < -0.3 is 0 Å². The van der Waals surface area contributed by atoms with Crippen molar-refractivity contribution in [1.82, 2.24) is 18.6 Å². The van der Waals surface area contributed by atoms with Crippen molar-refractivity contribution in [2.75, 3.05) is 26.2 Å². The molecule has 38 heavy (non-hydrogen) atoms. The van der Waals surface area contributed by atoms with Crippen LogP contribution in [0.1, 0.15) is 27.7 Å². The summed E-state index contributed by atoms with van der Waals surface area (Å²) >= 11 is 2.93. The van der Waals surface area contributed by atoms with E-state index in [-0.39, 0.29) is 9.79 Å². The maximum atomic E-state index is 12.7. The van der Waals surface area contributed by atoms with E-state index in [0.717, 1.165) is 32.5 Å². The van der Waals surface area contributed by atoms with E-state index in [1.807, 2.05) is 38.5 Å². The summed E-state index contributed by atoms with van der Waals surface area (Å²) in [6.07, 6.45) is 0. The van der Waals surface area contributed by atoms with Gasteiger partial charge in [0.15, 0.2) is 10.0 Å². The van der Waals surface area contributed by atoms with Gasteiger partial charge in [0.05, 0.1) is 21.2 Å². The Kier molecular flexibility index (Phi) is 8.80. The van der Waals surface area contributed by atoms with Crippen molar-refractivity contribution in [1.29, 1.82) is 0 Å². The van der Waals surface area contributed by atoms with E-state index in [1.165, 1.54) is 31.3 Å². The summed E-state index contributed by atoms with van der Waals surface area (Å²) in [5.74, 6) is 0. The van der Waals surface area contributed by atoms with Gasteiger partial charge in [-0.3, -0.25) is 0 Å². The molecule has 0 spiro atoms. The van der Waals surface area contributed by atoms with Gasteiger partial charge in [-0.05, 0) is 24.3 Å². The molecule has 0 amide bonds. The molecular weight excluding hydrogens is 561 g/mol. The van der Waals surface area contributed by atoms with Gasteiger partial charge in [0.25, 0.3) is 0 Å². The number of thiazole rings is 2. The molecule has 0 N–H and O–H groups in total. The van der Waals surface area contributed by atoms with Gasteiger partial charge in [0.1, 0.15) is 0 Å². The van der Waals surface area contributed by atoms with Crippen LogP contribution in [0.25, 0.3) is 32.5 Å². The van der Waals surface area contributed by atoms with E-state index in [4.69, 9.17) is 9.97 Å². The fourth-order valence-electron chi connectivity index (χ4n) is 4.03. The number of nitrogens with zero attached hydrogens (tertiary/aromatic N) is 4. The summed E-state index contributed by atoms with van der Waals surface area (Å²) in [6, 6.07) is 13.6. The Morgan fingerprint density at radius 3 is 1.18 bits per heavy atom. The highest BCUT2D eigenvalue weighted by Crippen LogP contribution is 2.34. The molecular formula is C26H30N4O4S4. The van der Waals surface area contributed by atoms with Crippen molar-refractivity contribution < 1.29 is 16.8 Å². The van der Waals surface area contributed by atoms with Crippen LogP contribution < -0.4 is 0 Å². The van der Waals surface area contributed by atoms with Crippen LogP contribution in [0.3, 0.4) is 0 Å². The lowest BCUT2D eigenvalue weighted by Gasteiger charge is -2.18. The third-order valence-corrected chi connectivity index (χ3v) is 12.1.